The van der Waals surface area contributed by atoms with Crippen molar-refractivity contribution < 1.29 is 5.11 Å². The predicted octanol–water partition coefficient (Wildman–Crippen LogP) is 2.26. The van der Waals surface area contributed by atoms with Crippen LogP contribution in [-0.2, 0) is 7.05 Å². The van der Waals surface area contributed by atoms with E-state index >= 15 is 0 Å². The quantitative estimate of drug-likeness (QED) is 0.906. The molecular formula is C11H11BrN2O. The molecule has 78 valence electrons. The van der Waals surface area contributed by atoms with Gasteiger partial charge < -0.3 is 9.67 Å². The van der Waals surface area contributed by atoms with Crippen LogP contribution < -0.4 is 0 Å². The average Bonchev–Trinajstić information content (AvgIpc) is 2.65. The molecular weight excluding hydrogens is 256 g/mol. The van der Waals surface area contributed by atoms with Crippen LogP contribution in [0.1, 0.15) is 17.5 Å². The van der Waals surface area contributed by atoms with Gasteiger partial charge in [-0.1, -0.05) is 28.1 Å². The molecule has 0 saturated carbocycles. The zero-order valence-corrected chi connectivity index (χ0v) is 9.85. The van der Waals surface area contributed by atoms with Crippen molar-refractivity contribution in [1.82, 2.24) is 9.55 Å². The maximum absolute atomic E-state index is 10.1. The van der Waals surface area contributed by atoms with Crippen LogP contribution in [0.2, 0.25) is 0 Å². The summed E-state index contributed by atoms with van der Waals surface area (Å²) in [5.41, 5.74) is 0.840. The molecule has 2 rings (SSSR count). The number of benzene rings is 1. The Morgan fingerprint density at radius 2 is 2.00 bits per heavy atom. The second kappa shape index (κ2) is 4.16. The molecule has 1 aromatic heterocycles. The molecule has 1 aromatic carbocycles. The monoisotopic (exact) mass is 266 g/mol. The number of hydrogen-bond acceptors (Lipinski definition) is 2. The minimum absolute atomic E-state index is 0.650. The lowest BCUT2D eigenvalue weighted by molar-refractivity contribution is 0.206. The van der Waals surface area contributed by atoms with E-state index in [4.69, 9.17) is 0 Å². The van der Waals surface area contributed by atoms with Gasteiger partial charge >= 0.3 is 0 Å². The van der Waals surface area contributed by atoms with Gasteiger partial charge in [0.15, 0.2) is 0 Å². The van der Waals surface area contributed by atoms with Crippen molar-refractivity contribution in [2.75, 3.05) is 0 Å². The van der Waals surface area contributed by atoms with E-state index in [0.717, 1.165) is 10.0 Å². The fraction of sp³-hybridized carbons (Fsp3) is 0.182. The molecule has 15 heavy (non-hydrogen) atoms. The Hall–Kier alpha value is -1.13. The molecule has 0 aliphatic carbocycles. The van der Waals surface area contributed by atoms with E-state index in [2.05, 4.69) is 20.9 Å². The smallest absolute Gasteiger partial charge is 0.142 e. The van der Waals surface area contributed by atoms with E-state index in [0.29, 0.717) is 5.82 Å². The highest BCUT2D eigenvalue weighted by Gasteiger charge is 2.14. The zero-order valence-electron chi connectivity index (χ0n) is 8.26. The number of rotatable bonds is 2. The largest absolute Gasteiger partial charge is 0.380 e. The second-order valence-electron chi connectivity index (χ2n) is 3.35. The molecule has 1 atom stereocenters. The van der Waals surface area contributed by atoms with Crippen molar-refractivity contribution in [1.29, 1.82) is 0 Å². The number of hydrogen-bond donors (Lipinski definition) is 1. The normalized spacial score (nSPS) is 12.7. The molecule has 0 saturated heterocycles. The summed E-state index contributed by atoms with van der Waals surface area (Å²) in [6.07, 6.45) is 2.83. The van der Waals surface area contributed by atoms with Crippen LogP contribution in [0.15, 0.2) is 41.1 Å². The lowest BCUT2D eigenvalue weighted by Gasteiger charge is -2.10. The zero-order chi connectivity index (χ0) is 10.8. The SMILES string of the molecule is Cn1ccnc1C(O)c1ccc(Br)cc1. The molecule has 0 aliphatic rings. The Bertz CT molecular complexity index is 450. The first-order valence-corrected chi connectivity index (χ1v) is 5.38. The molecule has 3 nitrogen and oxygen atoms in total. The van der Waals surface area contributed by atoms with Gasteiger partial charge in [0.2, 0.25) is 0 Å². The number of nitrogens with zero attached hydrogens (tertiary/aromatic N) is 2. The Morgan fingerprint density at radius 3 is 2.53 bits per heavy atom. The summed E-state index contributed by atoms with van der Waals surface area (Å²) in [4.78, 5) is 4.12. The highest BCUT2D eigenvalue weighted by atomic mass is 79.9. The molecule has 0 fully saturated rings. The van der Waals surface area contributed by atoms with Gasteiger partial charge in [-0.25, -0.2) is 4.98 Å². The Labute approximate surface area is 96.5 Å². The first-order chi connectivity index (χ1) is 7.18. The fourth-order valence-corrected chi connectivity index (χ4v) is 1.70. The molecule has 4 heteroatoms. The van der Waals surface area contributed by atoms with Crippen LogP contribution in [0.3, 0.4) is 0 Å². The number of halogens is 1. The van der Waals surface area contributed by atoms with E-state index in [1.807, 2.05) is 42.1 Å². The highest BCUT2D eigenvalue weighted by molar-refractivity contribution is 9.10. The van der Waals surface area contributed by atoms with Crippen LogP contribution in [0.25, 0.3) is 0 Å². The molecule has 0 amide bonds. The third kappa shape index (κ3) is 2.11. The number of aryl methyl sites for hydroxylation is 1. The minimum Gasteiger partial charge on any atom is -0.380 e. The van der Waals surface area contributed by atoms with Gasteiger partial charge in [-0.2, -0.15) is 0 Å². The van der Waals surface area contributed by atoms with E-state index in [1.165, 1.54) is 0 Å². The van der Waals surface area contributed by atoms with Crippen LogP contribution in [0.4, 0.5) is 0 Å². The van der Waals surface area contributed by atoms with Gasteiger partial charge in [0.25, 0.3) is 0 Å². The van der Waals surface area contributed by atoms with Crippen molar-refractivity contribution in [2.24, 2.45) is 7.05 Å². The van der Waals surface area contributed by atoms with Gasteiger partial charge in [-0.05, 0) is 17.7 Å². The van der Waals surface area contributed by atoms with Crippen LogP contribution in [0, 0.1) is 0 Å². The second-order valence-corrected chi connectivity index (χ2v) is 4.27. The molecule has 0 aliphatic heterocycles. The van der Waals surface area contributed by atoms with E-state index in [-0.39, 0.29) is 0 Å². The summed E-state index contributed by atoms with van der Waals surface area (Å²) in [7, 11) is 1.87. The van der Waals surface area contributed by atoms with Gasteiger partial charge in [0, 0.05) is 23.9 Å². The fourth-order valence-electron chi connectivity index (χ4n) is 1.43. The Morgan fingerprint density at radius 1 is 1.33 bits per heavy atom. The first kappa shape index (κ1) is 10.4. The average molecular weight is 267 g/mol. The predicted molar refractivity (Wildman–Crippen MR) is 61.4 cm³/mol. The molecule has 0 spiro atoms. The molecule has 1 unspecified atom stereocenters. The topological polar surface area (TPSA) is 38.0 Å². The van der Waals surface area contributed by atoms with Gasteiger partial charge in [-0.3, -0.25) is 0 Å². The maximum Gasteiger partial charge on any atom is 0.142 e. The standard InChI is InChI=1S/C11H11BrN2O/c1-14-7-6-13-11(14)10(15)8-2-4-9(12)5-3-8/h2-7,10,15H,1H3. The third-order valence-electron chi connectivity index (χ3n) is 2.29. The first-order valence-electron chi connectivity index (χ1n) is 4.59. The van der Waals surface area contributed by atoms with Crippen molar-refractivity contribution in [3.8, 4) is 0 Å². The molecule has 1 heterocycles. The molecule has 0 bridgehead atoms. The van der Waals surface area contributed by atoms with Gasteiger partial charge in [-0.15, -0.1) is 0 Å². The lowest BCUT2D eigenvalue weighted by atomic mass is 10.1. The summed E-state index contributed by atoms with van der Waals surface area (Å²) in [5, 5.41) is 10.1. The minimum atomic E-state index is -0.668. The number of aliphatic hydroxyl groups is 1. The van der Waals surface area contributed by atoms with E-state index in [9.17, 15) is 5.11 Å². The summed E-state index contributed by atoms with van der Waals surface area (Å²) in [6.45, 7) is 0. The number of imidazole rings is 1. The van der Waals surface area contributed by atoms with Crippen molar-refractivity contribution in [2.45, 2.75) is 6.10 Å². The maximum atomic E-state index is 10.1. The summed E-state index contributed by atoms with van der Waals surface area (Å²) in [5.74, 6) is 0.650. The lowest BCUT2D eigenvalue weighted by Crippen LogP contribution is -2.06. The van der Waals surface area contributed by atoms with Crippen LogP contribution >= 0.6 is 15.9 Å². The Kier molecular flexibility index (Phi) is 2.88. The van der Waals surface area contributed by atoms with Crippen LogP contribution in [0.5, 0.6) is 0 Å². The molecule has 2 aromatic rings. The van der Waals surface area contributed by atoms with Crippen molar-refractivity contribution >= 4 is 15.9 Å². The number of aromatic nitrogens is 2. The van der Waals surface area contributed by atoms with Crippen molar-refractivity contribution in [3.63, 3.8) is 0 Å². The van der Waals surface area contributed by atoms with E-state index in [1.54, 1.807) is 6.20 Å². The van der Waals surface area contributed by atoms with Gasteiger partial charge in [0.05, 0.1) is 0 Å². The number of aliphatic hydroxyl groups excluding tert-OH is 1. The third-order valence-corrected chi connectivity index (χ3v) is 2.82. The summed E-state index contributed by atoms with van der Waals surface area (Å²) in [6, 6.07) is 7.57. The highest BCUT2D eigenvalue weighted by Crippen LogP contribution is 2.21. The molecule has 0 radical (unpaired) electrons. The summed E-state index contributed by atoms with van der Waals surface area (Å²) < 4.78 is 2.81. The molecule has 1 N–H and O–H groups in total. The Balaban J connectivity index is 2.32. The van der Waals surface area contributed by atoms with Crippen LogP contribution in [-0.4, -0.2) is 14.7 Å². The van der Waals surface area contributed by atoms with Crippen molar-refractivity contribution in [3.05, 3.63) is 52.5 Å². The van der Waals surface area contributed by atoms with E-state index < -0.39 is 6.10 Å². The van der Waals surface area contributed by atoms with Gasteiger partial charge in [0.1, 0.15) is 11.9 Å². The summed E-state index contributed by atoms with van der Waals surface area (Å²) >= 11 is 3.36.